The van der Waals surface area contributed by atoms with Crippen molar-refractivity contribution in [3.63, 3.8) is 0 Å². The van der Waals surface area contributed by atoms with Gasteiger partial charge < -0.3 is 14.5 Å². The van der Waals surface area contributed by atoms with Gasteiger partial charge in [-0.3, -0.25) is 0 Å². The fourth-order valence-corrected chi connectivity index (χ4v) is 3.20. The van der Waals surface area contributed by atoms with E-state index in [-0.39, 0.29) is 12.0 Å². The molecule has 2 aromatic rings. The number of anilines is 1. The first-order valence-electron chi connectivity index (χ1n) is 8.24. The maximum atomic E-state index is 10.4. The highest BCUT2D eigenvalue weighted by Crippen LogP contribution is 2.28. The Hall–Kier alpha value is -1.95. The molecule has 6 nitrogen and oxygen atoms in total. The number of rotatable bonds is 5. The van der Waals surface area contributed by atoms with E-state index < -0.39 is 0 Å². The summed E-state index contributed by atoms with van der Waals surface area (Å²) in [4.78, 5) is 11.1. The molecule has 0 aliphatic carbocycles. The summed E-state index contributed by atoms with van der Waals surface area (Å²) in [7, 11) is 0. The quantitative estimate of drug-likeness (QED) is 0.910. The molecule has 124 valence electrons. The van der Waals surface area contributed by atoms with Crippen LogP contribution >= 0.6 is 0 Å². The standard InChI is InChI=1S/C17H24N4O2/c1-4-5-13-8-18-12(3)19-17(13)21-9-14(16(22)10-21)7-15-6-11(2)20-23-15/h6,8,14,16,22H,4-5,7,9-10H2,1-3H3/t14-,16-/m1/s1. The number of aryl methyl sites for hydroxylation is 3. The van der Waals surface area contributed by atoms with Crippen molar-refractivity contribution >= 4 is 5.82 Å². The third-order valence-corrected chi connectivity index (χ3v) is 4.33. The van der Waals surface area contributed by atoms with Crippen LogP contribution in [0, 0.1) is 19.8 Å². The van der Waals surface area contributed by atoms with Gasteiger partial charge >= 0.3 is 0 Å². The minimum Gasteiger partial charge on any atom is -0.391 e. The van der Waals surface area contributed by atoms with Crippen molar-refractivity contribution in [2.24, 2.45) is 5.92 Å². The molecule has 0 radical (unpaired) electrons. The van der Waals surface area contributed by atoms with E-state index in [0.29, 0.717) is 13.0 Å². The van der Waals surface area contributed by atoms with Crippen LogP contribution in [-0.2, 0) is 12.8 Å². The second-order valence-electron chi connectivity index (χ2n) is 6.39. The summed E-state index contributed by atoms with van der Waals surface area (Å²) in [5, 5.41) is 14.4. The van der Waals surface area contributed by atoms with Crippen molar-refractivity contribution in [2.75, 3.05) is 18.0 Å². The van der Waals surface area contributed by atoms with Gasteiger partial charge in [-0.05, 0) is 20.3 Å². The average molecular weight is 316 g/mol. The number of aliphatic hydroxyl groups excluding tert-OH is 1. The lowest BCUT2D eigenvalue weighted by molar-refractivity contribution is 0.143. The average Bonchev–Trinajstić information content (AvgIpc) is 3.08. The van der Waals surface area contributed by atoms with Crippen molar-refractivity contribution in [3.05, 3.63) is 35.1 Å². The Balaban J connectivity index is 1.76. The number of aromatic nitrogens is 3. The number of nitrogens with zero attached hydrogens (tertiary/aromatic N) is 4. The van der Waals surface area contributed by atoms with Crippen LogP contribution in [0.1, 0.15) is 36.2 Å². The van der Waals surface area contributed by atoms with E-state index in [1.807, 2.05) is 26.1 Å². The Labute approximate surface area is 136 Å². The van der Waals surface area contributed by atoms with Crippen molar-refractivity contribution in [1.29, 1.82) is 0 Å². The van der Waals surface area contributed by atoms with Crippen LogP contribution in [0.5, 0.6) is 0 Å². The molecular formula is C17H24N4O2. The van der Waals surface area contributed by atoms with Crippen LogP contribution in [0.2, 0.25) is 0 Å². The largest absolute Gasteiger partial charge is 0.391 e. The predicted octanol–water partition coefficient (Wildman–Crippen LogP) is 2.07. The molecule has 1 fully saturated rings. The van der Waals surface area contributed by atoms with Crippen molar-refractivity contribution < 1.29 is 9.63 Å². The summed E-state index contributed by atoms with van der Waals surface area (Å²) in [5.74, 6) is 2.70. The normalized spacial score (nSPS) is 21.1. The monoisotopic (exact) mass is 316 g/mol. The molecule has 3 rings (SSSR count). The number of aliphatic hydroxyl groups is 1. The van der Waals surface area contributed by atoms with Gasteiger partial charge in [0.15, 0.2) is 0 Å². The Morgan fingerprint density at radius 1 is 1.35 bits per heavy atom. The zero-order valence-corrected chi connectivity index (χ0v) is 14.0. The fraction of sp³-hybridized carbons (Fsp3) is 0.588. The molecule has 0 aromatic carbocycles. The van der Waals surface area contributed by atoms with Crippen LogP contribution in [0.3, 0.4) is 0 Å². The Bertz CT molecular complexity index is 670. The third-order valence-electron chi connectivity index (χ3n) is 4.33. The van der Waals surface area contributed by atoms with Gasteiger partial charge in [0, 0.05) is 43.3 Å². The summed E-state index contributed by atoms with van der Waals surface area (Å²) in [6, 6.07) is 1.94. The zero-order chi connectivity index (χ0) is 16.4. The minimum atomic E-state index is -0.384. The molecule has 1 N–H and O–H groups in total. The number of hydrogen-bond acceptors (Lipinski definition) is 6. The van der Waals surface area contributed by atoms with E-state index in [1.54, 1.807) is 0 Å². The molecule has 0 unspecified atom stereocenters. The van der Waals surface area contributed by atoms with Gasteiger partial charge in [0.1, 0.15) is 17.4 Å². The van der Waals surface area contributed by atoms with E-state index in [0.717, 1.165) is 48.0 Å². The SMILES string of the molecule is CCCc1cnc(C)nc1N1C[C@@H](Cc2cc(C)no2)[C@H](O)C1. The zero-order valence-electron chi connectivity index (χ0n) is 14.0. The van der Waals surface area contributed by atoms with Gasteiger partial charge in [-0.2, -0.15) is 0 Å². The van der Waals surface area contributed by atoms with Gasteiger partial charge in [0.2, 0.25) is 0 Å². The highest BCUT2D eigenvalue weighted by atomic mass is 16.5. The smallest absolute Gasteiger partial charge is 0.137 e. The first-order valence-corrected chi connectivity index (χ1v) is 8.24. The number of hydrogen-bond donors (Lipinski definition) is 1. The number of β-amino-alcohol motifs (C(OH)–C–C–N with tert-alkyl or cyclic N) is 1. The van der Waals surface area contributed by atoms with E-state index in [4.69, 9.17) is 4.52 Å². The Kier molecular flexibility index (Phi) is 4.61. The topological polar surface area (TPSA) is 75.3 Å². The molecule has 1 aliphatic heterocycles. The molecule has 6 heteroatoms. The summed E-state index contributed by atoms with van der Waals surface area (Å²) >= 11 is 0. The molecular weight excluding hydrogens is 292 g/mol. The van der Waals surface area contributed by atoms with Gasteiger partial charge in [-0.15, -0.1) is 0 Å². The van der Waals surface area contributed by atoms with Gasteiger partial charge in [-0.25, -0.2) is 9.97 Å². The second-order valence-corrected chi connectivity index (χ2v) is 6.39. The minimum absolute atomic E-state index is 0.132. The van der Waals surface area contributed by atoms with Crippen LogP contribution in [0.25, 0.3) is 0 Å². The molecule has 3 heterocycles. The Morgan fingerprint density at radius 2 is 2.17 bits per heavy atom. The molecule has 0 saturated carbocycles. The van der Waals surface area contributed by atoms with E-state index in [1.165, 1.54) is 0 Å². The lowest BCUT2D eigenvalue weighted by Gasteiger charge is -2.20. The van der Waals surface area contributed by atoms with Crippen molar-refractivity contribution in [1.82, 2.24) is 15.1 Å². The maximum Gasteiger partial charge on any atom is 0.137 e. The van der Waals surface area contributed by atoms with Gasteiger partial charge in [0.05, 0.1) is 11.8 Å². The summed E-state index contributed by atoms with van der Waals surface area (Å²) < 4.78 is 5.29. The molecule has 1 saturated heterocycles. The summed E-state index contributed by atoms with van der Waals surface area (Å²) in [6.45, 7) is 7.34. The molecule has 23 heavy (non-hydrogen) atoms. The van der Waals surface area contributed by atoms with Crippen LogP contribution in [0.4, 0.5) is 5.82 Å². The predicted molar refractivity (Wildman–Crippen MR) is 87.4 cm³/mol. The van der Waals surface area contributed by atoms with Crippen LogP contribution in [0.15, 0.2) is 16.8 Å². The lowest BCUT2D eigenvalue weighted by Crippen LogP contribution is -2.24. The maximum absolute atomic E-state index is 10.4. The summed E-state index contributed by atoms with van der Waals surface area (Å²) in [6.07, 6.45) is 4.24. The van der Waals surface area contributed by atoms with Gasteiger partial charge in [0.25, 0.3) is 0 Å². The van der Waals surface area contributed by atoms with E-state index in [2.05, 4.69) is 26.9 Å². The molecule has 1 aliphatic rings. The molecule has 0 bridgehead atoms. The highest BCUT2D eigenvalue weighted by Gasteiger charge is 2.34. The first kappa shape index (κ1) is 15.9. The van der Waals surface area contributed by atoms with Crippen molar-refractivity contribution in [3.8, 4) is 0 Å². The molecule has 2 atom stereocenters. The van der Waals surface area contributed by atoms with E-state index in [9.17, 15) is 5.11 Å². The fourth-order valence-electron chi connectivity index (χ4n) is 3.20. The lowest BCUT2D eigenvalue weighted by atomic mass is 10.0. The highest BCUT2D eigenvalue weighted by molar-refractivity contribution is 5.47. The molecule has 2 aromatic heterocycles. The Morgan fingerprint density at radius 3 is 2.87 bits per heavy atom. The van der Waals surface area contributed by atoms with Crippen LogP contribution in [-0.4, -0.2) is 39.4 Å². The second kappa shape index (κ2) is 6.66. The third kappa shape index (κ3) is 3.52. The van der Waals surface area contributed by atoms with E-state index >= 15 is 0 Å². The van der Waals surface area contributed by atoms with Gasteiger partial charge in [-0.1, -0.05) is 18.5 Å². The molecule has 0 spiro atoms. The van der Waals surface area contributed by atoms with Crippen LogP contribution < -0.4 is 4.90 Å². The van der Waals surface area contributed by atoms with Crippen molar-refractivity contribution in [2.45, 2.75) is 46.1 Å². The molecule has 0 amide bonds. The first-order chi connectivity index (χ1) is 11.1. The summed E-state index contributed by atoms with van der Waals surface area (Å²) in [5.41, 5.74) is 2.03.